The Morgan fingerprint density at radius 1 is 1.00 bits per heavy atom. The van der Waals surface area contributed by atoms with Gasteiger partial charge in [-0.25, -0.2) is 0 Å². The molecule has 1 aliphatic carbocycles. The summed E-state index contributed by atoms with van der Waals surface area (Å²) in [5.74, 6) is 0. The van der Waals surface area contributed by atoms with Gasteiger partial charge >= 0.3 is 0 Å². The van der Waals surface area contributed by atoms with Crippen LogP contribution in [0.2, 0.25) is 0 Å². The van der Waals surface area contributed by atoms with E-state index in [9.17, 15) is 0 Å². The highest BCUT2D eigenvalue weighted by atomic mass is 15.2. The molecule has 1 N–H and O–H groups in total. The zero-order valence-corrected chi connectivity index (χ0v) is 13.7. The molecule has 0 aromatic heterocycles. The van der Waals surface area contributed by atoms with Crippen LogP contribution in [0.1, 0.15) is 62.3 Å². The van der Waals surface area contributed by atoms with Crippen LogP contribution >= 0.6 is 0 Å². The molecule has 21 heavy (non-hydrogen) atoms. The van der Waals surface area contributed by atoms with Crippen molar-refractivity contribution in [3.8, 4) is 0 Å². The van der Waals surface area contributed by atoms with Gasteiger partial charge in [0, 0.05) is 18.6 Å². The Labute approximate surface area is 129 Å². The summed E-state index contributed by atoms with van der Waals surface area (Å²) in [6, 6.07) is 8.14. The van der Waals surface area contributed by atoms with Gasteiger partial charge in [-0.3, -0.25) is 0 Å². The lowest BCUT2D eigenvalue weighted by Crippen LogP contribution is -2.42. The Balaban J connectivity index is 1.54. The highest BCUT2D eigenvalue weighted by molar-refractivity contribution is 5.36. The maximum absolute atomic E-state index is 3.79. The van der Waals surface area contributed by atoms with Gasteiger partial charge in [0.15, 0.2) is 0 Å². The van der Waals surface area contributed by atoms with Gasteiger partial charge in [-0.15, -0.1) is 0 Å². The van der Waals surface area contributed by atoms with Crippen molar-refractivity contribution >= 4 is 0 Å². The number of nitrogens with zero attached hydrogens (tertiary/aromatic N) is 1. The van der Waals surface area contributed by atoms with Crippen LogP contribution in [0.5, 0.6) is 0 Å². The molecule has 2 aliphatic rings. The molecule has 1 heterocycles. The fourth-order valence-corrected chi connectivity index (χ4v) is 3.97. The quantitative estimate of drug-likeness (QED) is 0.888. The lowest BCUT2D eigenvalue weighted by molar-refractivity contribution is 0.205. The first-order valence-electron chi connectivity index (χ1n) is 8.82. The van der Waals surface area contributed by atoms with E-state index in [1.807, 2.05) is 0 Å². The van der Waals surface area contributed by atoms with Crippen LogP contribution in [0, 0.1) is 0 Å². The summed E-state index contributed by atoms with van der Waals surface area (Å²) in [6.45, 7) is 8.41. The van der Waals surface area contributed by atoms with E-state index >= 15 is 0 Å². The largest absolute Gasteiger partial charge is 0.306 e. The van der Waals surface area contributed by atoms with Crippen molar-refractivity contribution in [2.45, 2.75) is 64.5 Å². The van der Waals surface area contributed by atoms with Crippen molar-refractivity contribution in [3.63, 3.8) is 0 Å². The van der Waals surface area contributed by atoms with Crippen LogP contribution in [-0.2, 0) is 12.8 Å². The number of hydrogen-bond acceptors (Lipinski definition) is 2. The molecular weight excluding hydrogens is 256 g/mol. The molecule has 2 nitrogen and oxygen atoms in total. The zero-order chi connectivity index (χ0) is 14.7. The van der Waals surface area contributed by atoms with Crippen LogP contribution in [0.4, 0.5) is 0 Å². The standard InChI is InChI=1S/C19H30N2/c1-15(14-21-11-4-3-5-12-21)20-16(2)18-10-9-17-7-6-8-19(17)13-18/h9-10,13,15-16,20H,3-8,11-12,14H2,1-2H3. The minimum absolute atomic E-state index is 0.454. The molecule has 1 saturated heterocycles. The number of fused-ring (bicyclic) bond motifs is 1. The lowest BCUT2D eigenvalue weighted by Gasteiger charge is -2.30. The molecule has 3 rings (SSSR count). The van der Waals surface area contributed by atoms with Gasteiger partial charge in [0.25, 0.3) is 0 Å². The number of nitrogens with one attached hydrogen (secondary N) is 1. The first-order chi connectivity index (χ1) is 10.2. The topological polar surface area (TPSA) is 15.3 Å². The molecule has 2 heteroatoms. The Kier molecular flexibility index (Phi) is 4.97. The van der Waals surface area contributed by atoms with E-state index in [1.165, 1.54) is 63.7 Å². The molecule has 0 bridgehead atoms. The Morgan fingerprint density at radius 3 is 2.57 bits per heavy atom. The van der Waals surface area contributed by atoms with E-state index in [2.05, 4.69) is 42.3 Å². The number of piperidine rings is 1. The summed E-state index contributed by atoms with van der Waals surface area (Å²) in [5.41, 5.74) is 4.62. The summed E-state index contributed by atoms with van der Waals surface area (Å²) >= 11 is 0. The van der Waals surface area contributed by atoms with Gasteiger partial charge in [-0.1, -0.05) is 24.6 Å². The molecule has 1 aromatic rings. The number of rotatable bonds is 5. The molecule has 0 saturated carbocycles. The third-order valence-corrected chi connectivity index (χ3v) is 5.14. The predicted octanol–water partition coefficient (Wildman–Crippen LogP) is 3.70. The first-order valence-corrected chi connectivity index (χ1v) is 8.82. The van der Waals surface area contributed by atoms with Crippen molar-refractivity contribution in [2.75, 3.05) is 19.6 Å². The monoisotopic (exact) mass is 286 g/mol. The highest BCUT2D eigenvalue weighted by Crippen LogP contribution is 2.25. The fraction of sp³-hybridized carbons (Fsp3) is 0.684. The Morgan fingerprint density at radius 2 is 1.76 bits per heavy atom. The van der Waals surface area contributed by atoms with Crippen LogP contribution in [0.15, 0.2) is 18.2 Å². The molecule has 116 valence electrons. The molecule has 0 radical (unpaired) electrons. The molecule has 1 aromatic carbocycles. The maximum Gasteiger partial charge on any atom is 0.0294 e. The van der Waals surface area contributed by atoms with E-state index in [4.69, 9.17) is 0 Å². The van der Waals surface area contributed by atoms with Gasteiger partial charge in [-0.2, -0.15) is 0 Å². The van der Waals surface area contributed by atoms with Crippen LogP contribution in [0.3, 0.4) is 0 Å². The Bertz CT molecular complexity index is 463. The first kappa shape index (κ1) is 15.1. The molecule has 1 fully saturated rings. The van der Waals surface area contributed by atoms with Gasteiger partial charge in [0.1, 0.15) is 0 Å². The predicted molar refractivity (Wildman–Crippen MR) is 89.8 cm³/mol. The van der Waals surface area contributed by atoms with Crippen LogP contribution in [-0.4, -0.2) is 30.6 Å². The normalized spacial score (nSPS) is 22.0. The Hall–Kier alpha value is -0.860. The third kappa shape index (κ3) is 3.87. The van der Waals surface area contributed by atoms with E-state index < -0.39 is 0 Å². The number of hydrogen-bond donors (Lipinski definition) is 1. The maximum atomic E-state index is 3.79. The number of aryl methyl sites for hydroxylation is 2. The van der Waals surface area contributed by atoms with Crippen molar-refractivity contribution in [1.29, 1.82) is 0 Å². The summed E-state index contributed by atoms with van der Waals surface area (Å²) in [7, 11) is 0. The van der Waals surface area contributed by atoms with Gasteiger partial charge < -0.3 is 10.2 Å². The van der Waals surface area contributed by atoms with Crippen LogP contribution in [0.25, 0.3) is 0 Å². The minimum atomic E-state index is 0.454. The van der Waals surface area contributed by atoms with Gasteiger partial charge in [0.05, 0.1) is 0 Å². The second-order valence-corrected chi connectivity index (χ2v) is 7.03. The molecular formula is C19H30N2. The zero-order valence-electron chi connectivity index (χ0n) is 13.7. The average Bonchev–Trinajstić information content (AvgIpc) is 2.95. The summed E-state index contributed by atoms with van der Waals surface area (Å²) in [5, 5.41) is 3.79. The van der Waals surface area contributed by atoms with Crippen LogP contribution < -0.4 is 5.32 Å². The lowest BCUT2D eigenvalue weighted by atomic mass is 10.0. The number of likely N-dealkylation sites (tertiary alicyclic amines) is 1. The third-order valence-electron chi connectivity index (χ3n) is 5.14. The summed E-state index contributed by atoms with van der Waals surface area (Å²) in [6.07, 6.45) is 8.08. The van der Waals surface area contributed by atoms with Gasteiger partial charge in [-0.05, 0) is 75.7 Å². The van der Waals surface area contributed by atoms with E-state index in [-0.39, 0.29) is 0 Å². The second-order valence-electron chi connectivity index (χ2n) is 7.03. The molecule has 1 aliphatic heterocycles. The highest BCUT2D eigenvalue weighted by Gasteiger charge is 2.17. The van der Waals surface area contributed by atoms with Gasteiger partial charge in [0.2, 0.25) is 0 Å². The average molecular weight is 286 g/mol. The van der Waals surface area contributed by atoms with Crippen molar-refractivity contribution in [1.82, 2.24) is 10.2 Å². The smallest absolute Gasteiger partial charge is 0.0294 e. The second kappa shape index (κ2) is 6.93. The van der Waals surface area contributed by atoms with E-state index in [1.54, 1.807) is 11.1 Å². The molecule has 2 atom stereocenters. The van der Waals surface area contributed by atoms with E-state index in [0.717, 1.165) is 0 Å². The number of benzene rings is 1. The molecule has 0 amide bonds. The van der Waals surface area contributed by atoms with E-state index in [0.29, 0.717) is 12.1 Å². The van der Waals surface area contributed by atoms with Crippen molar-refractivity contribution < 1.29 is 0 Å². The molecule has 0 spiro atoms. The minimum Gasteiger partial charge on any atom is -0.306 e. The van der Waals surface area contributed by atoms with Crippen molar-refractivity contribution in [3.05, 3.63) is 34.9 Å². The summed E-state index contributed by atoms with van der Waals surface area (Å²) < 4.78 is 0. The molecule has 2 unspecified atom stereocenters. The fourth-order valence-electron chi connectivity index (χ4n) is 3.97. The summed E-state index contributed by atoms with van der Waals surface area (Å²) in [4.78, 5) is 2.62. The SMILES string of the molecule is CC(CN1CCCCC1)NC(C)c1ccc2c(c1)CCC2. The van der Waals surface area contributed by atoms with Crippen molar-refractivity contribution in [2.24, 2.45) is 0 Å².